The molecule has 0 saturated heterocycles. The van der Waals surface area contributed by atoms with Gasteiger partial charge in [0, 0.05) is 26.1 Å². The number of unbranched alkanes of at least 4 members (excludes halogenated alkanes) is 1. The van der Waals surface area contributed by atoms with Gasteiger partial charge in [0.05, 0.1) is 4.90 Å². The highest BCUT2D eigenvalue weighted by Gasteiger charge is 2.31. The van der Waals surface area contributed by atoms with Gasteiger partial charge in [0.25, 0.3) is 0 Å². The molecule has 0 unspecified atom stereocenters. The van der Waals surface area contributed by atoms with Crippen LogP contribution in [0.15, 0.2) is 83.8 Å². The summed E-state index contributed by atoms with van der Waals surface area (Å²) in [6.45, 7) is 4.66. The van der Waals surface area contributed by atoms with Crippen LogP contribution in [0.5, 0.6) is 0 Å². The summed E-state index contributed by atoms with van der Waals surface area (Å²) in [5, 5.41) is 2.96. The molecule has 1 atom stereocenters. The Morgan fingerprint density at radius 2 is 1.54 bits per heavy atom. The minimum atomic E-state index is -3.57. The van der Waals surface area contributed by atoms with Gasteiger partial charge in [-0.25, -0.2) is 17.5 Å². The molecule has 0 spiro atoms. The van der Waals surface area contributed by atoms with Crippen molar-refractivity contribution in [3.05, 3.63) is 101 Å². The molecule has 9 heteroatoms. The lowest BCUT2D eigenvalue weighted by Gasteiger charge is -2.32. The van der Waals surface area contributed by atoms with Crippen molar-refractivity contribution in [3.63, 3.8) is 0 Å². The number of nitrogens with zero attached hydrogens (tertiary/aromatic N) is 1. The predicted octanol–water partition coefficient (Wildman–Crippen LogP) is 4.74. The summed E-state index contributed by atoms with van der Waals surface area (Å²) in [6.07, 6.45) is 2.20. The van der Waals surface area contributed by atoms with E-state index in [-0.39, 0.29) is 42.0 Å². The molecule has 0 aliphatic rings. The monoisotopic (exact) mass is 553 g/mol. The van der Waals surface area contributed by atoms with E-state index in [0.29, 0.717) is 24.1 Å². The van der Waals surface area contributed by atoms with Gasteiger partial charge in [0.1, 0.15) is 11.9 Å². The SMILES string of the molecule is CCCCNC(=O)[C@H](c1ccccc1)N(Cc1ccc(F)cc1)C(=O)CCc1ccc(S(=O)(=O)NCC)cc1. The van der Waals surface area contributed by atoms with Gasteiger partial charge in [-0.1, -0.05) is 74.9 Å². The standard InChI is InChI=1S/C30H36FN3O4S/c1-3-5-21-32-30(36)29(25-9-7-6-8-10-25)34(22-24-11-16-26(31)17-12-24)28(35)20-15-23-13-18-27(19-14-23)39(37,38)33-4-2/h6-14,16-19,29,33H,3-5,15,20-22H2,1-2H3,(H,32,36)/t29-/m0/s1. The van der Waals surface area contributed by atoms with E-state index in [2.05, 4.69) is 10.0 Å². The van der Waals surface area contributed by atoms with Crippen LogP contribution in [0.4, 0.5) is 4.39 Å². The second kappa shape index (κ2) is 14.6. The average Bonchev–Trinajstić information content (AvgIpc) is 2.93. The third-order valence-electron chi connectivity index (χ3n) is 6.29. The Morgan fingerprint density at radius 3 is 2.15 bits per heavy atom. The lowest BCUT2D eigenvalue weighted by atomic mass is 10.0. The lowest BCUT2D eigenvalue weighted by Crippen LogP contribution is -2.43. The van der Waals surface area contributed by atoms with Gasteiger partial charge in [0.2, 0.25) is 21.8 Å². The zero-order chi connectivity index (χ0) is 28.3. The summed E-state index contributed by atoms with van der Waals surface area (Å²) in [7, 11) is -3.57. The van der Waals surface area contributed by atoms with Gasteiger partial charge in [-0.3, -0.25) is 9.59 Å². The number of amides is 2. The molecule has 0 bridgehead atoms. The van der Waals surface area contributed by atoms with Crippen LogP contribution in [0.3, 0.4) is 0 Å². The van der Waals surface area contributed by atoms with E-state index in [1.165, 1.54) is 29.2 Å². The number of hydrogen-bond acceptors (Lipinski definition) is 4. The molecule has 2 amide bonds. The molecule has 3 rings (SSSR count). The van der Waals surface area contributed by atoms with Crippen LogP contribution in [-0.2, 0) is 32.6 Å². The molecule has 208 valence electrons. The normalized spacial score (nSPS) is 12.1. The Labute approximate surface area is 230 Å². The van der Waals surface area contributed by atoms with Gasteiger partial charge in [-0.2, -0.15) is 0 Å². The van der Waals surface area contributed by atoms with Crippen molar-refractivity contribution in [3.8, 4) is 0 Å². The number of carbonyl (C=O) groups is 2. The lowest BCUT2D eigenvalue weighted by molar-refractivity contribution is -0.141. The Kier molecular flexibility index (Phi) is 11.2. The van der Waals surface area contributed by atoms with Crippen molar-refractivity contribution in [2.45, 2.75) is 57.0 Å². The molecule has 3 aromatic rings. The zero-order valence-corrected chi connectivity index (χ0v) is 23.2. The highest BCUT2D eigenvalue weighted by molar-refractivity contribution is 7.89. The van der Waals surface area contributed by atoms with Crippen molar-refractivity contribution in [1.82, 2.24) is 14.9 Å². The van der Waals surface area contributed by atoms with Crippen molar-refractivity contribution in [1.29, 1.82) is 0 Å². The molecular formula is C30H36FN3O4S. The van der Waals surface area contributed by atoms with Crippen LogP contribution in [0.2, 0.25) is 0 Å². The second-order valence-electron chi connectivity index (χ2n) is 9.25. The molecule has 0 fully saturated rings. The van der Waals surface area contributed by atoms with E-state index in [1.54, 1.807) is 31.2 Å². The molecule has 0 radical (unpaired) electrons. The maximum absolute atomic E-state index is 13.7. The van der Waals surface area contributed by atoms with Crippen LogP contribution >= 0.6 is 0 Å². The fourth-order valence-corrected chi connectivity index (χ4v) is 5.25. The topological polar surface area (TPSA) is 95.6 Å². The fraction of sp³-hybridized carbons (Fsp3) is 0.333. The summed E-state index contributed by atoms with van der Waals surface area (Å²) in [5.41, 5.74) is 2.18. The molecule has 7 nitrogen and oxygen atoms in total. The summed E-state index contributed by atoms with van der Waals surface area (Å²) < 4.78 is 40.5. The zero-order valence-electron chi connectivity index (χ0n) is 22.4. The largest absolute Gasteiger partial charge is 0.354 e. The summed E-state index contributed by atoms with van der Waals surface area (Å²) in [4.78, 5) is 28.8. The minimum Gasteiger partial charge on any atom is -0.354 e. The average molecular weight is 554 g/mol. The molecule has 3 aromatic carbocycles. The summed E-state index contributed by atoms with van der Waals surface area (Å²) >= 11 is 0. The number of hydrogen-bond donors (Lipinski definition) is 2. The van der Waals surface area contributed by atoms with Crippen LogP contribution in [-0.4, -0.2) is 38.2 Å². The first-order chi connectivity index (χ1) is 18.7. The summed E-state index contributed by atoms with van der Waals surface area (Å²) in [5.74, 6) is -0.903. The highest BCUT2D eigenvalue weighted by atomic mass is 32.2. The molecule has 0 heterocycles. The van der Waals surface area contributed by atoms with Crippen molar-refractivity contribution in [2.75, 3.05) is 13.1 Å². The third-order valence-corrected chi connectivity index (χ3v) is 7.85. The summed E-state index contributed by atoms with van der Waals surface area (Å²) in [6, 6.07) is 20.6. The van der Waals surface area contributed by atoms with Gasteiger partial charge in [0.15, 0.2) is 0 Å². The van der Waals surface area contributed by atoms with E-state index in [4.69, 9.17) is 0 Å². The molecule has 0 saturated carbocycles. The Bertz CT molecular complexity index is 1310. The quantitative estimate of drug-likeness (QED) is 0.282. The highest BCUT2D eigenvalue weighted by Crippen LogP contribution is 2.25. The number of benzene rings is 3. The van der Waals surface area contributed by atoms with Crippen LogP contribution in [0, 0.1) is 5.82 Å². The number of halogens is 1. The number of rotatable bonds is 14. The van der Waals surface area contributed by atoms with Crippen molar-refractivity contribution in [2.24, 2.45) is 0 Å². The van der Waals surface area contributed by atoms with E-state index >= 15 is 0 Å². The van der Waals surface area contributed by atoms with Gasteiger partial charge in [-0.15, -0.1) is 0 Å². The maximum Gasteiger partial charge on any atom is 0.247 e. The first-order valence-corrected chi connectivity index (χ1v) is 14.7. The van der Waals surface area contributed by atoms with E-state index < -0.39 is 16.1 Å². The van der Waals surface area contributed by atoms with Crippen molar-refractivity contribution >= 4 is 21.8 Å². The Morgan fingerprint density at radius 1 is 0.897 bits per heavy atom. The third kappa shape index (κ3) is 8.73. The van der Waals surface area contributed by atoms with Crippen molar-refractivity contribution < 1.29 is 22.4 Å². The predicted molar refractivity (Wildman–Crippen MR) is 150 cm³/mol. The molecule has 0 aliphatic heterocycles. The first kappa shape index (κ1) is 30.0. The van der Waals surface area contributed by atoms with E-state index in [9.17, 15) is 22.4 Å². The fourth-order valence-electron chi connectivity index (χ4n) is 4.21. The van der Waals surface area contributed by atoms with E-state index in [0.717, 1.165) is 18.4 Å². The number of aryl methyl sites for hydroxylation is 1. The number of sulfonamides is 1. The van der Waals surface area contributed by atoms with Crippen LogP contribution in [0.25, 0.3) is 0 Å². The minimum absolute atomic E-state index is 0.103. The molecule has 2 N–H and O–H groups in total. The number of carbonyl (C=O) groups excluding carboxylic acids is 2. The van der Waals surface area contributed by atoms with E-state index in [1.807, 2.05) is 37.3 Å². The number of nitrogens with one attached hydrogen (secondary N) is 2. The first-order valence-electron chi connectivity index (χ1n) is 13.2. The van der Waals surface area contributed by atoms with Gasteiger partial charge < -0.3 is 10.2 Å². The van der Waals surface area contributed by atoms with Gasteiger partial charge >= 0.3 is 0 Å². The van der Waals surface area contributed by atoms with Crippen LogP contribution < -0.4 is 10.0 Å². The van der Waals surface area contributed by atoms with Gasteiger partial charge in [-0.05, 0) is 53.8 Å². The molecule has 0 aliphatic carbocycles. The molecular weight excluding hydrogens is 517 g/mol. The molecule has 0 aromatic heterocycles. The maximum atomic E-state index is 13.7. The second-order valence-corrected chi connectivity index (χ2v) is 11.0. The molecule has 39 heavy (non-hydrogen) atoms. The Hall–Kier alpha value is -3.56. The van der Waals surface area contributed by atoms with Crippen LogP contribution in [0.1, 0.15) is 55.8 Å². The smallest absolute Gasteiger partial charge is 0.247 e. The Balaban J connectivity index is 1.87.